The maximum Gasteiger partial charge on any atom is 0.249 e. The van der Waals surface area contributed by atoms with Gasteiger partial charge in [-0.15, -0.1) is 0 Å². The van der Waals surface area contributed by atoms with E-state index in [2.05, 4.69) is 15.9 Å². The lowest BCUT2D eigenvalue weighted by Crippen LogP contribution is -2.11. The molecule has 0 aromatic heterocycles. The molecule has 13 heavy (non-hydrogen) atoms. The van der Waals surface area contributed by atoms with Gasteiger partial charge in [0.15, 0.2) is 0 Å². The molecule has 1 aromatic carbocycles. The first kappa shape index (κ1) is 8.51. The second-order valence-electron chi connectivity index (χ2n) is 2.99. The van der Waals surface area contributed by atoms with Crippen LogP contribution < -0.4 is 5.73 Å². The van der Waals surface area contributed by atoms with Gasteiger partial charge in [-0.2, -0.15) is 0 Å². The number of amides is 1. The number of hydrogen-bond acceptors (Lipinski definition) is 1. The first-order chi connectivity index (χ1) is 6.18. The molecule has 0 unspecified atom stereocenters. The summed E-state index contributed by atoms with van der Waals surface area (Å²) in [5.74, 6) is -0.350. The van der Waals surface area contributed by atoms with E-state index in [9.17, 15) is 4.79 Å². The third-order valence-electron chi connectivity index (χ3n) is 2.15. The summed E-state index contributed by atoms with van der Waals surface area (Å²) >= 11 is 3.36. The van der Waals surface area contributed by atoms with Crippen LogP contribution in [-0.4, -0.2) is 5.91 Å². The lowest BCUT2D eigenvalue weighted by molar-refractivity contribution is -0.112. The first-order valence-electron chi connectivity index (χ1n) is 3.97. The number of carbonyl (C=O) groups is 1. The minimum atomic E-state index is -0.350. The van der Waals surface area contributed by atoms with Crippen LogP contribution in [0.1, 0.15) is 11.1 Å². The average Bonchev–Trinajstić information content (AvgIpc) is 2.46. The second kappa shape index (κ2) is 3.00. The van der Waals surface area contributed by atoms with Gasteiger partial charge in [0.25, 0.3) is 0 Å². The zero-order valence-electron chi connectivity index (χ0n) is 6.88. The second-order valence-corrected chi connectivity index (χ2v) is 3.90. The van der Waals surface area contributed by atoms with E-state index >= 15 is 0 Å². The number of primary amides is 1. The summed E-state index contributed by atoms with van der Waals surface area (Å²) < 4.78 is 0.973. The maximum absolute atomic E-state index is 11.0. The molecule has 0 spiro atoms. The Labute approximate surface area is 84.6 Å². The van der Waals surface area contributed by atoms with Gasteiger partial charge in [0.1, 0.15) is 0 Å². The van der Waals surface area contributed by atoms with Crippen LogP contribution >= 0.6 is 15.9 Å². The topological polar surface area (TPSA) is 43.1 Å². The first-order valence-corrected chi connectivity index (χ1v) is 4.76. The van der Waals surface area contributed by atoms with Crippen molar-refractivity contribution >= 4 is 27.4 Å². The number of halogens is 1. The minimum absolute atomic E-state index is 0.350. The largest absolute Gasteiger partial charge is 0.366 e. The van der Waals surface area contributed by atoms with Crippen molar-refractivity contribution in [3.05, 3.63) is 39.9 Å². The summed E-state index contributed by atoms with van der Waals surface area (Å²) in [4.78, 5) is 11.0. The molecule has 0 radical (unpaired) electrons. The Bertz CT molecular complexity index is 409. The molecule has 0 heterocycles. The molecule has 2 nitrogen and oxygen atoms in total. The normalized spacial score (nSPS) is 13.8. The van der Waals surface area contributed by atoms with E-state index in [1.807, 2.05) is 24.3 Å². The van der Waals surface area contributed by atoms with Gasteiger partial charge in [0, 0.05) is 10.0 Å². The van der Waals surface area contributed by atoms with E-state index < -0.39 is 0 Å². The van der Waals surface area contributed by atoms with Gasteiger partial charge in [-0.05, 0) is 29.7 Å². The van der Waals surface area contributed by atoms with Crippen LogP contribution in [0.15, 0.2) is 28.7 Å². The Morgan fingerprint density at radius 3 is 2.92 bits per heavy atom. The van der Waals surface area contributed by atoms with E-state index in [1.165, 1.54) is 0 Å². The van der Waals surface area contributed by atoms with Crippen LogP contribution in [0.2, 0.25) is 0 Å². The Morgan fingerprint density at radius 2 is 2.23 bits per heavy atom. The lowest BCUT2D eigenvalue weighted by Gasteiger charge is -2.02. The summed E-state index contributed by atoms with van der Waals surface area (Å²) in [6.07, 6.45) is 2.68. The standard InChI is InChI=1S/C10H8BrNO/c11-7-3-1-6-2-4-8(10(12)13)9(6)5-7/h1,3-5H,2H2,(H2,12,13). The van der Waals surface area contributed by atoms with Crippen LogP contribution in [0.5, 0.6) is 0 Å². The quantitative estimate of drug-likeness (QED) is 0.797. The molecule has 1 aliphatic rings. The van der Waals surface area contributed by atoms with Crippen molar-refractivity contribution in [3.63, 3.8) is 0 Å². The van der Waals surface area contributed by atoms with Gasteiger partial charge in [-0.1, -0.05) is 28.1 Å². The van der Waals surface area contributed by atoms with Gasteiger partial charge in [0.2, 0.25) is 5.91 Å². The number of carbonyl (C=O) groups excluding carboxylic acids is 1. The molecular formula is C10H8BrNO. The molecular weight excluding hydrogens is 230 g/mol. The van der Waals surface area contributed by atoms with Crippen LogP contribution in [0, 0.1) is 0 Å². The number of nitrogens with two attached hydrogens (primary N) is 1. The summed E-state index contributed by atoms with van der Waals surface area (Å²) in [7, 11) is 0. The predicted molar refractivity (Wildman–Crippen MR) is 55.0 cm³/mol. The molecule has 1 aliphatic carbocycles. The van der Waals surface area contributed by atoms with Gasteiger partial charge < -0.3 is 5.73 Å². The van der Waals surface area contributed by atoms with Crippen LogP contribution in [0.25, 0.3) is 5.57 Å². The highest BCUT2D eigenvalue weighted by Crippen LogP contribution is 2.29. The molecule has 0 fully saturated rings. The molecule has 0 aliphatic heterocycles. The number of hydrogen-bond donors (Lipinski definition) is 1. The van der Waals surface area contributed by atoms with Crippen LogP contribution in [0.3, 0.4) is 0 Å². The van der Waals surface area contributed by atoms with Crippen molar-refractivity contribution in [1.82, 2.24) is 0 Å². The fourth-order valence-corrected chi connectivity index (χ4v) is 1.89. The van der Waals surface area contributed by atoms with E-state index in [-0.39, 0.29) is 5.91 Å². The summed E-state index contributed by atoms with van der Waals surface area (Å²) in [5.41, 5.74) is 8.00. The van der Waals surface area contributed by atoms with Crippen molar-refractivity contribution in [3.8, 4) is 0 Å². The molecule has 3 heteroatoms. The summed E-state index contributed by atoms with van der Waals surface area (Å²) in [6.45, 7) is 0. The number of benzene rings is 1. The maximum atomic E-state index is 11.0. The minimum Gasteiger partial charge on any atom is -0.366 e. The third-order valence-corrected chi connectivity index (χ3v) is 2.65. The highest BCUT2D eigenvalue weighted by Gasteiger charge is 2.17. The Hall–Kier alpha value is -1.09. The van der Waals surface area contributed by atoms with E-state index in [4.69, 9.17) is 5.73 Å². The van der Waals surface area contributed by atoms with Crippen molar-refractivity contribution in [1.29, 1.82) is 0 Å². The van der Waals surface area contributed by atoms with E-state index in [0.717, 1.165) is 22.0 Å². The fourth-order valence-electron chi connectivity index (χ4n) is 1.53. The monoisotopic (exact) mass is 237 g/mol. The molecule has 0 saturated heterocycles. The molecule has 1 amide bonds. The molecule has 0 saturated carbocycles. The van der Waals surface area contributed by atoms with Crippen LogP contribution in [-0.2, 0) is 11.2 Å². The molecule has 2 N–H and O–H groups in total. The zero-order valence-corrected chi connectivity index (χ0v) is 8.47. The summed E-state index contributed by atoms with van der Waals surface area (Å²) in [6, 6.07) is 5.90. The SMILES string of the molecule is NC(=O)C1=CCc2ccc(Br)cc21. The Morgan fingerprint density at radius 1 is 1.46 bits per heavy atom. The smallest absolute Gasteiger partial charge is 0.249 e. The molecule has 2 rings (SSSR count). The number of rotatable bonds is 1. The third kappa shape index (κ3) is 1.40. The highest BCUT2D eigenvalue weighted by atomic mass is 79.9. The van der Waals surface area contributed by atoms with Gasteiger partial charge >= 0.3 is 0 Å². The molecule has 66 valence electrons. The lowest BCUT2D eigenvalue weighted by atomic mass is 10.1. The zero-order chi connectivity index (χ0) is 9.42. The van der Waals surface area contributed by atoms with Crippen molar-refractivity contribution in [2.45, 2.75) is 6.42 Å². The van der Waals surface area contributed by atoms with E-state index in [0.29, 0.717) is 5.57 Å². The van der Waals surface area contributed by atoms with E-state index in [1.54, 1.807) is 0 Å². The van der Waals surface area contributed by atoms with Crippen molar-refractivity contribution in [2.24, 2.45) is 5.73 Å². The fraction of sp³-hybridized carbons (Fsp3) is 0.100. The molecule has 1 aromatic rings. The Balaban J connectivity index is 2.54. The van der Waals surface area contributed by atoms with Gasteiger partial charge in [-0.25, -0.2) is 0 Å². The number of fused-ring (bicyclic) bond motifs is 1. The predicted octanol–water partition coefficient (Wildman–Crippen LogP) is 1.87. The number of allylic oxidation sites excluding steroid dienone is 1. The van der Waals surface area contributed by atoms with Crippen molar-refractivity contribution < 1.29 is 4.79 Å². The molecule has 0 atom stereocenters. The average molecular weight is 238 g/mol. The Kier molecular flexibility index (Phi) is 1.96. The summed E-state index contributed by atoms with van der Waals surface area (Å²) in [5, 5.41) is 0. The van der Waals surface area contributed by atoms with Gasteiger partial charge in [0.05, 0.1) is 0 Å². The molecule has 0 bridgehead atoms. The van der Waals surface area contributed by atoms with Crippen LogP contribution in [0.4, 0.5) is 0 Å². The van der Waals surface area contributed by atoms with Crippen molar-refractivity contribution in [2.75, 3.05) is 0 Å². The van der Waals surface area contributed by atoms with Gasteiger partial charge in [-0.3, -0.25) is 4.79 Å². The highest BCUT2D eigenvalue weighted by molar-refractivity contribution is 9.10.